The molecular formula is C14H13NO7. The van der Waals surface area contributed by atoms with Gasteiger partial charge in [0.05, 0.1) is 11.6 Å². The van der Waals surface area contributed by atoms with Gasteiger partial charge in [-0.3, -0.25) is 4.79 Å². The van der Waals surface area contributed by atoms with Crippen molar-refractivity contribution in [2.75, 3.05) is 6.79 Å². The lowest BCUT2D eigenvalue weighted by Gasteiger charge is -2.39. The van der Waals surface area contributed by atoms with Crippen molar-refractivity contribution in [2.24, 2.45) is 0 Å². The third kappa shape index (κ3) is 1.59. The second-order valence-corrected chi connectivity index (χ2v) is 5.43. The van der Waals surface area contributed by atoms with Gasteiger partial charge in [-0.25, -0.2) is 0 Å². The number of carbonyl (C=O) groups is 1. The predicted molar refractivity (Wildman–Crippen MR) is 71.5 cm³/mol. The second-order valence-electron chi connectivity index (χ2n) is 5.43. The van der Waals surface area contributed by atoms with Crippen molar-refractivity contribution in [3.05, 3.63) is 23.3 Å². The first-order valence-corrected chi connectivity index (χ1v) is 6.71. The Balaban J connectivity index is 1.95. The summed E-state index contributed by atoms with van der Waals surface area (Å²) in [6, 6.07) is 0.643. The first-order valence-electron chi connectivity index (χ1n) is 6.71. The smallest absolute Gasteiger partial charge is 0.256 e. The molecule has 1 aromatic rings. The minimum atomic E-state index is -1.40. The molecule has 0 aromatic heterocycles. The summed E-state index contributed by atoms with van der Waals surface area (Å²) < 4.78 is 10.3. The lowest BCUT2D eigenvalue weighted by atomic mass is 9.79. The number of aromatic hydroxyl groups is 1. The van der Waals surface area contributed by atoms with E-state index in [9.17, 15) is 25.2 Å². The average Bonchev–Trinajstić information content (AvgIpc) is 2.95. The molecule has 0 bridgehead atoms. The van der Waals surface area contributed by atoms with Gasteiger partial charge in [0, 0.05) is 5.56 Å². The molecule has 0 saturated carbocycles. The van der Waals surface area contributed by atoms with Gasteiger partial charge in [0.2, 0.25) is 12.5 Å². The number of phenolic OH excluding ortho intramolecular Hbond substituents is 1. The fraction of sp³-hybridized carbons (Fsp3) is 0.357. The summed E-state index contributed by atoms with van der Waals surface area (Å²) in [7, 11) is 0. The van der Waals surface area contributed by atoms with E-state index in [1.807, 2.05) is 0 Å². The van der Waals surface area contributed by atoms with Gasteiger partial charge < -0.3 is 35.2 Å². The Labute approximate surface area is 124 Å². The minimum Gasteiger partial charge on any atom is -0.504 e. The van der Waals surface area contributed by atoms with Crippen molar-refractivity contribution in [2.45, 2.75) is 24.4 Å². The predicted octanol–water partition coefficient (Wildman–Crippen LogP) is -1.29. The van der Waals surface area contributed by atoms with Crippen LogP contribution in [0.15, 0.2) is 12.1 Å². The molecule has 0 radical (unpaired) electrons. The van der Waals surface area contributed by atoms with Crippen LogP contribution in [-0.2, 0) is 0 Å². The molecule has 8 nitrogen and oxygen atoms in total. The molecule has 1 amide bonds. The Hall–Kier alpha value is -2.29. The van der Waals surface area contributed by atoms with Gasteiger partial charge >= 0.3 is 0 Å². The van der Waals surface area contributed by atoms with Crippen molar-refractivity contribution < 1.29 is 34.7 Å². The van der Waals surface area contributed by atoms with Crippen molar-refractivity contribution in [1.82, 2.24) is 5.32 Å². The van der Waals surface area contributed by atoms with Crippen molar-refractivity contribution in [3.63, 3.8) is 0 Å². The SMILES string of the molecule is O=C1N[C@@H]2C(=CC(O)[C@@H](O)[C@H]2O)c2cc3c(c(O)c21)OCO3. The van der Waals surface area contributed by atoms with E-state index >= 15 is 0 Å². The lowest BCUT2D eigenvalue weighted by Crippen LogP contribution is -2.57. The standard InChI is InChI=1S/C14H13NO7/c16-6-1-5-4-2-7-13(22-3-21-7)11(18)8(4)14(20)15-9(5)12(19)10(6)17/h1-2,6,9-10,12,16-19H,3H2,(H,15,20)/t6?,9-,10-,12+/m1/s1. The van der Waals surface area contributed by atoms with Gasteiger partial charge in [0.1, 0.15) is 18.3 Å². The highest BCUT2D eigenvalue weighted by Crippen LogP contribution is 2.48. The van der Waals surface area contributed by atoms with E-state index in [1.165, 1.54) is 12.1 Å². The molecule has 4 atom stereocenters. The molecule has 3 aliphatic rings. The van der Waals surface area contributed by atoms with Gasteiger partial charge in [-0.2, -0.15) is 0 Å². The van der Waals surface area contributed by atoms with Gasteiger partial charge in [0.15, 0.2) is 11.5 Å². The molecule has 116 valence electrons. The minimum absolute atomic E-state index is 0.0115. The van der Waals surface area contributed by atoms with Crippen LogP contribution in [0, 0.1) is 0 Å². The first-order chi connectivity index (χ1) is 10.5. The van der Waals surface area contributed by atoms with Crippen molar-refractivity contribution in [1.29, 1.82) is 0 Å². The fourth-order valence-electron chi connectivity index (χ4n) is 3.09. The molecule has 8 heteroatoms. The monoisotopic (exact) mass is 307 g/mol. The maximum atomic E-state index is 12.2. The Kier molecular flexibility index (Phi) is 2.65. The van der Waals surface area contributed by atoms with Crippen LogP contribution in [0.5, 0.6) is 17.2 Å². The second kappa shape index (κ2) is 4.35. The number of benzene rings is 1. The van der Waals surface area contributed by atoms with E-state index in [0.717, 1.165) is 0 Å². The van der Waals surface area contributed by atoms with Crippen LogP contribution in [0.2, 0.25) is 0 Å². The van der Waals surface area contributed by atoms with Gasteiger partial charge in [-0.15, -0.1) is 0 Å². The topological polar surface area (TPSA) is 128 Å². The summed E-state index contributed by atoms with van der Waals surface area (Å²) in [6.45, 7) is -0.0696. The number of hydrogen-bond acceptors (Lipinski definition) is 7. The molecule has 0 saturated heterocycles. The average molecular weight is 307 g/mol. The molecule has 1 unspecified atom stereocenters. The highest BCUT2D eigenvalue weighted by molar-refractivity contribution is 6.07. The quantitative estimate of drug-likeness (QED) is 0.403. The van der Waals surface area contributed by atoms with E-state index in [1.54, 1.807) is 0 Å². The van der Waals surface area contributed by atoms with Gasteiger partial charge in [0.25, 0.3) is 5.91 Å². The molecule has 2 aliphatic heterocycles. The Morgan fingerprint density at radius 1 is 1.18 bits per heavy atom. The summed E-state index contributed by atoms with van der Waals surface area (Å²) in [5, 5.41) is 42.4. The number of amides is 1. The normalized spacial score (nSPS) is 32.0. The van der Waals surface area contributed by atoms with Gasteiger partial charge in [-0.1, -0.05) is 0 Å². The van der Waals surface area contributed by atoms with E-state index in [-0.39, 0.29) is 29.6 Å². The zero-order chi connectivity index (χ0) is 15.6. The Morgan fingerprint density at radius 2 is 1.95 bits per heavy atom. The summed E-state index contributed by atoms with van der Waals surface area (Å²) in [5.41, 5.74) is 0.733. The number of fused-ring (bicyclic) bond motifs is 4. The molecule has 22 heavy (non-hydrogen) atoms. The van der Waals surface area contributed by atoms with Crippen LogP contribution in [0.1, 0.15) is 15.9 Å². The number of carbonyl (C=O) groups excluding carboxylic acids is 1. The van der Waals surface area contributed by atoms with Crippen molar-refractivity contribution in [3.8, 4) is 17.2 Å². The summed E-state index contributed by atoms with van der Waals surface area (Å²) in [5.74, 6) is -0.585. The maximum absolute atomic E-state index is 12.2. The third-order valence-electron chi connectivity index (χ3n) is 4.19. The Bertz CT molecular complexity index is 714. The first kappa shape index (κ1) is 13.4. The third-order valence-corrected chi connectivity index (χ3v) is 4.19. The number of rotatable bonds is 0. The molecule has 2 heterocycles. The van der Waals surface area contributed by atoms with E-state index in [2.05, 4.69) is 5.32 Å². The zero-order valence-electron chi connectivity index (χ0n) is 11.2. The van der Waals surface area contributed by atoms with Crippen LogP contribution in [0.4, 0.5) is 0 Å². The molecule has 4 rings (SSSR count). The number of hydrogen-bond donors (Lipinski definition) is 5. The molecule has 1 aromatic carbocycles. The largest absolute Gasteiger partial charge is 0.504 e. The van der Waals surface area contributed by atoms with Crippen molar-refractivity contribution >= 4 is 11.5 Å². The van der Waals surface area contributed by atoms with Crippen LogP contribution in [0.25, 0.3) is 5.57 Å². The summed E-state index contributed by atoms with van der Waals surface area (Å²) in [4.78, 5) is 12.2. The molecule has 0 fully saturated rings. The summed E-state index contributed by atoms with van der Waals surface area (Å²) >= 11 is 0. The van der Waals surface area contributed by atoms with Crippen LogP contribution < -0.4 is 14.8 Å². The number of ether oxygens (including phenoxy) is 2. The fourth-order valence-corrected chi connectivity index (χ4v) is 3.09. The lowest BCUT2D eigenvalue weighted by molar-refractivity contribution is -0.0535. The molecular weight excluding hydrogens is 294 g/mol. The number of aliphatic hydroxyl groups is 3. The maximum Gasteiger partial charge on any atom is 0.256 e. The van der Waals surface area contributed by atoms with E-state index in [4.69, 9.17) is 9.47 Å². The molecule has 0 spiro atoms. The van der Waals surface area contributed by atoms with Crippen LogP contribution >= 0.6 is 0 Å². The van der Waals surface area contributed by atoms with Gasteiger partial charge in [-0.05, 0) is 17.7 Å². The molecule has 5 N–H and O–H groups in total. The number of aliphatic hydroxyl groups excluding tert-OH is 3. The van der Waals surface area contributed by atoms with E-state index < -0.39 is 30.3 Å². The molecule has 1 aliphatic carbocycles. The van der Waals surface area contributed by atoms with E-state index in [0.29, 0.717) is 11.1 Å². The Morgan fingerprint density at radius 3 is 2.73 bits per heavy atom. The zero-order valence-corrected chi connectivity index (χ0v) is 11.2. The number of phenols is 1. The van der Waals surface area contributed by atoms with Crippen LogP contribution in [-0.4, -0.2) is 57.5 Å². The highest BCUT2D eigenvalue weighted by Gasteiger charge is 2.44. The highest BCUT2D eigenvalue weighted by atomic mass is 16.7. The van der Waals surface area contributed by atoms with Crippen LogP contribution in [0.3, 0.4) is 0 Å². The number of nitrogens with one attached hydrogen (secondary N) is 1. The summed E-state index contributed by atoms with van der Waals surface area (Å²) in [6.07, 6.45) is -2.70.